The lowest BCUT2D eigenvalue weighted by molar-refractivity contribution is -0.119. The molecule has 0 aliphatic carbocycles. The fraction of sp³-hybridized carbons (Fsp3) is 0.174. The van der Waals surface area contributed by atoms with E-state index < -0.39 is 28.3 Å². The van der Waals surface area contributed by atoms with E-state index in [1.165, 1.54) is 24.3 Å². The Kier molecular flexibility index (Phi) is 6.97. The number of hydrogen-bond donors (Lipinski definition) is 1. The van der Waals surface area contributed by atoms with Crippen molar-refractivity contribution in [1.29, 1.82) is 0 Å². The van der Waals surface area contributed by atoms with Crippen LogP contribution < -0.4 is 9.62 Å². The Hall–Kier alpha value is -2.90. The number of carbonyl (C=O) groups excluding carboxylic acids is 1. The Bertz CT molecular complexity index is 1200. The van der Waals surface area contributed by atoms with Crippen LogP contribution in [0.3, 0.4) is 0 Å². The molecule has 3 aromatic carbocycles. The molecule has 0 saturated heterocycles. The van der Waals surface area contributed by atoms with Crippen LogP contribution in [0.4, 0.5) is 10.1 Å². The summed E-state index contributed by atoms with van der Waals surface area (Å²) in [7, 11) is -4.06. The van der Waals surface area contributed by atoms with Crippen molar-refractivity contribution in [2.24, 2.45) is 0 Å². The Balaban J connectivity index is 1.92. The van der Waals surface area contributed by atoms with Crippen LogP contribution in [0.5, 0.6) is 0 Å². The zero-order valence-corrected chi connectivity index (χ0v) is 18.7. The summed E-state index contributed by atoms with van der Waals surface area (Å²) in [6, 6.07) is 17.3. The first-order valence-corrected chi connectivity index (χ1v) is 11.4. The third-order valence-corrected chi connectivity index (χ3v) is 6.78. The van der Waals surface area contributed by atoms with Gasteiger partial charge in [-0.15, -0.1) is 0 Å². The van der Waals surface area contributed by atoms with Gasteiger partial charge in [0.15, 0.2) is 0 Å². The van der Waals surface area contributed by atoms with Crippen molar-refractivity contribution in [1.82, 2.24) is 5.32 Å². The molecule has 0 radical (unpaired) electrons. The lowest BCUT2D eigenvalue weighted by atomic mass is 10.2. The lowest BCUT2D eigenvalue weighted by Crippen LogP contribution is -2.41. The summed E-state index contributed by atoms with van der Waals surface area (Å²) in [6.07, 6.45) is 0. The van der Waals surface area contributed by atoms with E-state index in [0.717, 1.165) is 9.87 Å². The molecule has 1 N–H and O–H groups in total. The number of amides is 1. The van der Waals surface area contributed by atoms with Gasteiger partial charge in [0.1, 0.15) is 12.4 Å². The quantitative estimate of drug-likeness (QED) is 0.560. The number of aryl methyl sites for hydroxylation is 2. The molecule has 0 bridgehead atoms. The second-order valence-electron chi connectivity index (χ2n) is 7.12. The van der Waals surface area contributed by atoms with Gasteiger partial charge in [0.25, 0.3) is 10.0 Å². The van der Waals surface area contributed by atoms with Crippen molar-refractivity contribution < 1.29 is 17.6 Å². The van der Waals surface area contributed by atoms with Crippen molar-refractivity contribution >= 4 is 33.2 Å². The molecular formula is C23H22ClFN2O3S. The molecule has 0 atom stereocenters. The van der Waals surface area contributed by atoms with E-state index in [1.807, 2.05) is 6.92 Å². The molecule has 5 nitrogen and oxygen atoms in total. The molecule has 1 amide bonds. The fourth-order valence-corrected chi connectivity index (χ4v) is 4.65. The van der Waals surface area contributed by atoms with Crippen molar-refractivity contribution in [3.63, 3.8) is 0 Å². The van der Waals surface area contributed by atoms with Gasteiger partial charge in [-0.1, -0.05) is 53.6 Å². The summed E-state index contributed by atoms with van der Waals surface area (Å²) in [5.41, 5.74) is 2.16. The number of hydrogen-bond acceptors (Lipinski definition) is 3. The molecule has 162 valence electrons. The van der Waals surface area contributed by atoms with Gasteiger partial charge in [-0.2, -0.15) is 0 Å². The summed E-state index contributed by atoms with van der Waals surface area (Å²) >= 11 is 6.11. The number of nitrogens with zero attached hydrogens (tertiary/aromatic N) is 1. The Morgan fingerprint density at radius 3 is 2.39 bits per heavy atom. The molecule has 0 aliphatic heterocycles. The standard InChI is InChI=1S/C23H22ClFN2O3S/c1-16-7-11-20(12-8-16)31(29,30)27(22-13-19(24)10-9-17(22)2)15-23(28)26-14-18-5-3-4-6-21(18)25/h3-13H,14-15H2,1-2H3,(H,26,28). The van der Waals surface area contributed by atoms with Crippen LogP contribution in [-0.2, 0) is 21.4 Å². The predicted molar refractivity (Wildman–Crippen MR) is 120 cm³/mol. The third-order valence-electron chi connectivity index (χ3n) is 4.77. The second-order valence-corrected chi connectivity index (χ2v) is 9.42. The number of carbonyl (C=O) groups is 1. The van der Waals surface area contributed by atoms with Crippen LogP contribution in [-0.4, -0.2) is 20.9 Å². The van der Waals surface area contributed by atoms with E-state index in [0.29, 0.717) is 21.8 Å². The average molecular weight is 461 g/mol. The Morgan fingerprint density at radius 1 is 1.03 bits per heavy atom. The molecule has 0 fully saturated rings. The van der Waals surface area contributed by atoms with Gasteiger partial charge in [-0.05, 0) is 49.7 Å². The minimum atomic E-state index is -4.06. The van der Waals surface area contributed by atoms with Crippen molar-refractivity contribution in [2.45, 2.75) is 25.3 Å². The summed E-state index contributed by atoms with van der Waals surface area (Å²) in [4.78, 5) is 12.7. The highest BCUT2D eigenvalue weighted by Crippen LogP contribution is 2.29. The van der Waals surface area contributed by atoms with Gasteiger partial charge in [-0.3, -0.25) is 9.10 Å². The van der Waals surface area contributed by atoms with E-state index in [4.69, 9.17) is 11.6 Å². The number of nitrogens with one attached hydrogen (secondary N) is 1. The zero-order valence-electron chi connectivity index (χ0n) is 17.1. The third kappa shape index (κ3) is 5.42. The SMILES string of the molecule is Cc1ccc(S(=O)(=O)N(CC(=O)NCc2ccccc2F)c2cc(Cl)ccc2C)cc1. The van der Waals surface area contributed by atoms with E-state index >= 15 is 0 Å². The van der Waals surface area contributed by atoms with Crippen LogP contribution in [0, 0.1) is 19.7 Å². The average Bonchev–Trinajstić information content (AvgIpc) is 2.73. The molecule has 8 heteroatoms. The molecule has 0 saturated carbocycles. The number of sulfonamides is 1. The topological polar surface area (TPSA) is 66.5 Å². The van der Waals surface area contributed by atoms with Crippen LogP contribution in [0.2, 0.25) is 5.02 Å². The van der Waals surface area contributed by atoms with E-state index in [1.54, 1.807) is 49.4 Å². The van der Waals surface area contributed by atoms with Gasteiger partial charge in [-0.25, -0.2) is 12.8 Å². The Morgan fingerprint density at radius 2 is 1.71 bits per heavy atom. The maximum absolute atomic E-state index is 13.8. The van der Waals surface area contributed by atoms with Crippen LogP contribution in [0.1, 0.15) is 16.7 Å². The van der Waals surface area contributed by atoms with Gasteiger partial charge in [0, 0.05) is 17.1 Å². The van der Waals surface area contributed by atoms with E-state index in [2.05, 4.69) is 5.32 Å². The summed E-state index contributed by atoms with van der Waals surface area (Å²) in [5, 5.41) is 2.93. The van der Waals surface area contributed by atoms with E-state index in [-0.39, 0.29) is 11.4 Å². The number of anilines is 1. The predicted octanol–water partition coefficient (Wildman–Crippen LogP) is 4.61. The fourth-order valence-electron chi connectivity index (χ4n) is 3.01. The molecular weight excluding hydrogens is 439 g/mol. The van der Waals surface area contributed by atoms with Crippen molar-refractivity contribution in [3.05, 3.63) is 94.3 Å². The normalized spacial score (nSPS) is 11.2. The van der Waals surface area contributed by atoms with Gasteiger partial charge in [0.05, 0.1) is 10.6 Å². The number of halogens is 2. The minimum absolute atomic E-state index is 0.0550. The first kappa shape index (κ1) is 22.8. The maximum Gasteiger partial charge on any atom is 0.264 e. The molecule has 3 aromatic rings. The van der Waals surface area contributed by atoms with E-state index in [9.17, 15) is 17.6 Å². The summed E-state index contributed by atoms with van der Waals surface area (Å²) in [5.74, 6) is -1.02. The van der Waals surface area contributed by atoms with Crippen LogP contribution >= 0.6 is 11.6 Å². The molecule has 0 aromatic heterocycles. The molecule has 0 unspecified atom stereocenters. The molecule has 0 spiro atoms. The number of benzene rings is 3. The second kappa shape index (κ2) is 9.49. The van der Waals surface area contributed by atoms with Gasteiger partial charge in [0.2, 0.25) is 5.91 Å². The maximum atomic E-state index is 13.8. The monoisotopic (exact) mass is 460 g/mol. The van der Waals surface area contributed by atoms with Gasteiger partial charge >= 0.3 is 0 Å². The summed E-state index contributed by atoms with van der Waals surface area (Å²) < 4.78 is 41.7. The van der Waals surface area contributed by atoms with Crippen molar-refractivity contribution in [2.75, 3.05) is 10.8 Å². The molecule has 0 aliphatic rings. The molecule has 3 rings (SSSR count). The molecule has 31 heavy (non-hydrogen) atoms. The highest BCUT2D eigenvalue weighted by molar-refractivity contribution is 7.92. The first-order chi connectivity index (χ1) is 14.7. The lowest BCUT2D eigenvalue weighted by Gasteiger charge is -2.26. The minimum Gasteiger partial charge on any atom is -0.350 e. The largest absolute Gasteiger partial charge is 0.350 e. The smallest absolute Gasteiger partial charge is 0.264 e. The first-order valence-electron chi connectivity index (χ1n) is 9.54. The Labute approximate surface area is 186 Å². The zero-order chi connectivity index (χ0) is 22.6. The van der Waals surface area contributed by atoms with Crippen LogP contribution in [0.25, 0.3) is 0 Å². The van der Waals surface area contributed by atoms with Crippen molar-refractivity contribution in [3.8, 4) is 0 Å². The van der Waals surface area contributed by atoms with Crippen LogP contribution in [0.15, 0.2) is 71.6 Å². The highest BCUT2D eigenvalue weighted by atomic mass is 35.5. The highest BCUT2D eigenvalue weighted by Gasteiger charge is 2.28. The molecule has 0 heterocycles. The number of rotatable bonds is 7. The van der Waals surface area contributed by atoms with Gasteiger partial charge < -0.3 is 5.32 Å². The summed E-state index contributed by atoms with van der Waals surface area (Å²) in [6.45, 7) is 3.05.